The molecule has 11 heavy (non-hydrogen) atoms. The molecule has 3 heteroatoms. The van der Waals surface area contributed by atoms with E-state index in [1.54, 1.807) is 0 Å². The van der Waals surface area contributed by atoms with Crippen LogP contribution in [0.3, 0.4) is 0 Å². The van der Waals surface area contributed by atoms with Gasteiger partial charge in [-0.25, -0.2) is 0 Å². The normalized spacial score (nSPS) is 42.4. The Hall–Kier alpha value is -0.570. The van der Waals surface area contributed by atoms with Gasteiger partial charge < -0.3 is 5.11 Å². The van der Waals surface area contributed by atoms with Crippen LogP contribution in [0.25, 0.3) is 0 Å². The number of hydrogen-bond acceptors (Lipinski definition) is 2. The molecular formula is C8H13NO2. The van der Waals surface area contributed by atoms with Crippen LogP contribution in [0.2, 0.25) is 0 Å². The number of rotatable bonds is 1. The number of piperidine rings is 3. The molecule has 0 spiro atoms. The van der Waals surface area contributed by atoms with Crippen LogP contribution >= 0.6 is 0 Å². The van der Waals surface area contributed by atoms with E-state index in [1.807, 2.05) is 0 Å². The van der Waals surface area contributed by atoms with E-state index < -0.39 is 5.97 Å². The molecule has 0 unspecified atom stereocenters. The van der Waals surface area contributed by atoms with E-state index in [-0.39, 0.29) is 6.04 Å². The highest BCUT2D eigenvalue weighted by atomic mass is 16.4. The smallest absolute Gasteiger partial charge is 0.320 e. The van der Waals surface area contributed by atoms with Crippen LogP contribution in [0.5, 0.6) is 0 Å². The summed E-state index contributed by atoms with van der Waals surface area (Å²) in [6, 6.07) is -0.164. The van der Waals surface area contributed by atoms with Crippen molar-refractivity contribution in [1.29, 1.82) is 0 Å². The van der Waals surface area contributed by atoms with Gasteiger partial charge in [0.15, 0.2) is 0 Å². The first-order chi connectivity index (χ1) is 5.27. The summed E-state index contributed by atoms with van der Waals surface area (Å²) in [6.07, 6.45) is 3.31. The van der Waals surface area contributed by atoms with Gasteiger partial charge in [-0.15, -0.1) is 0 Å². The van der Waals surface area contributed by atoms with E-state index in [0.29, 0.717) is 5.92 Å². The van der Waals surface area contributed by atoms with Gasteiger partial charge in [-0.05, 0) is 38.3 Å². The first-order valence-corrected chi connectivity index (χ1v) is 4.24. The Bertz CT molecular complexity index is 173. The summed E-state index contributed by atoms with van der Waals surface area (Å²) in [5, 5.41) is 8.82. The van der Waals surface area contributed by atoms with E-state index in [9.17, 15) is 4.79 Å². The van der Waals surface area contributed by atoms with Crippen molar-refractivity contribution in [3.05, 3.63) is 0 Å². The van der Waals surface area contributed by atoms with Gasteiger partial charge in [0.2, 0.25) is 0 Å². The summed E-state index contributed by atoms with van der Waals surface area (Å²) >= 11 is 0. The summed E-state index contributed by atoms with van der Waals surface area (Å²) in [5.41, 5.74) is 0. The minimum atomic E-state index is -0.630. The minimum absolute atomic E-state index is 0.164. The van der Waals surface area contributed by atoms with Gasteiger partial charge in [0.1, 0.15) is 6.04 Å². The van der Waals surface area contributed by atoms with Crippen LogP contribution in [0.1, 0.15) is 19.3 Å². The molecule has 0 aromatic carbocycles. The molecule has 0 saturated carbocycles. The second-order valence-corrected chi connectivity index (χ2v) is 3.57. The van der Waals surface area contributed by atoms with E-state index >= 15 is 0 Å². The fourth-order valence-corrected chi connectivity index (χ4v) is 2.22. The molecule has 0 radical (unpaired) electrons. The average molecular weight is 155 g/mol. The second-order valence-electron chi connectivity index (χ2n) is 3.57. The fourth-order valence-electron chi connectivity index (χ4n) is 2.22. The first kappa shape index (κ1) is 7.10. The van der Waals surface area contributed by atoms with Crippen molar-refractivity contribution < 1.29 is 9.90 Å². The Morgan fingerprint density at radius 2 is 2.00 bits per heavy atom. The third-order valence-corrected chi connectivity index (χ3v) is 2.93. The quantitative estimate of drug-likeness (QED) is 0.601. The maximum Gasteiger partial charge on any atom is 0.320 e. The Morgan fingerprint density at radius 1 is 1.36 bits per heavy atom. The highest BCUT2D eigenvalue weighted by molar-refractivity contribution is 5.73. The lowest BCUT2D eigenvalue weighted by molar-refractivity contribution is -0.147. The molecule has 1 N–H and O–H groups in total. The number of carboxylic acid groups (broad SMARTS) is 1. The van der Waals surface area contributed by atoms with E-state index in [4.69, 9.17) is 5.11 Å². The summed E-state index contributed by atoms with van der Waals surface area (Å²) in [5.74, 6) is 0.0653. The lowest BCUT2D eigenvalue weighted by Crippen LogP contribution is -2.52. The van der Waals surface area contributed by atoms with Gasteiger partial charge in [-0.1, -0.05) is 0 Å². The van der Waals surface area contributed by atoms with Crippen LogP contribution in [0.4, 0.5) is 0 Å². The van der Waals surface area contributed by atoms with Gasteiger partial charge in [0, 0.05) is 0 Å². The number of fused-ring (bicyclic) bond motifs is 3. The number of hydrogen-bond donors (Lipinski definition) is 1. The molecule has 0 aromatic heterocycles. The van der Waals surface area contributed by atoms with Gasteiger partial charge in [-0.3, -0.25) is 9.69 Å². The van der Waals surface area contributed by atoms with E-state index in [0.717, 1.165) is 19.5 Å². The van der Waals surface area contributed by atoms with Gasteiger partial charge in [0.25, 0.3) is 0 Å². The molecular weight excluding hydrogens is 142 g/mol. The van der Waals surface area contributed by atoms with Crippen LogP contribution < -0.4 is 0 Å². The largest absolute Gasteiger partial charge is 0.480 e. The summed E-state index contributed by atoms with van der Waals surface area (Å²) in [7, 11) is 0. The monoisotopic (exact) mass is 155 g/mol. The maximum atomic E-state index is 10.7. The topological polar surface area (TPSA) is 40.5 Å². The molecule has 3 heterocycles. The van der Waals surface area contributed by atoms with Crippen molar-refractivity contribution in [3.8, 4) is 0 Å². The molecule has 62 valence electrons. The Balaban J connectivity index is 2.08. The van der Waals surface area contributed by atoms with Crippen molar-refractivity contribution in [2.75, 3.05) is 13.1 Å². The zero-order valence-corrected chi connectivity index (χ0v) is 6.49. The van der Waals surface area contributed by atoms with Crippen LogP contribution in [-0.4, -0.2) is 35.1 Å². The van der Waals surface area contributed by atoms with Crippen LogP contribution in [0, 0.1) is 5.92 Å². The van der Waals surface area contributed by atoms with Crippen molar-refractivity contribution in [2.45, 2.75) is 25.3 Å². The van der Waals surface area contributed by atoms with Crippen molar-refractivity contribution in [1.82, 2.24) is 4.90 Å². The molecule has 3 fully saturated rings. The highest BCUT2D eigenvalue weighted by Gasteiger charge is 2.37. The Labute approximate surface area is 66.0 Å². The fraction of sp³-hybridized carbons (Fsp3) is 0.875. The standard InChI is InChI=1S/C8H13NO2/c10-8(11)7-5-6-1-3-9(7)4-2-6/h6-7H,1-5H2,(H,10,11)/t7-/m1/s1. The Morgan fingerprint density at radius 3 is 2.27 bits per heavy atom. The molecule has 1 atom stereocenters. The number of carboxylic acids is 1. The lowest BCUT2D eigenvalue weighted by Gasteiger charge is -2.43. The first-order valence-electron chi connectivity index (χ1n) is 4.24. The molecule has 3 saturated heterocycles. The van der Waals surface area contributed by atoms with Crippen molar-refractivity contribution in [3.63, 3.8) is 0 Å². The third-order valence-electron chi connectivity index (χ3n) is 2.93. The molecule has 3 nitrogen and oxygen atoms in total. The number of aliphatic carboxylic acids is 1. The van der Waals surface area contributed by atoms with Crippen molar-refractivity contribution >= 4 is 5.97 Å². The van der Waals surface area contributed by atoms with Crippen molar-refractivity contribution in [2.24, 2.45) is 5.92 Å². The van der Waals surface area contributed by atoms with Crippen LogP contribution in [0.15, 0.2) is 0 Å². The zero-order valence-electron chi connectivity index (χ0n) is 6.49. The minimum Gasteiger partial charge on any atom is -0.480 e. The van der Waals surface area contributed by atoms with Gasteiger partial charge in [0.05, 0.1) is 0 Å². The van der Waals surface area contributed by atoms with Gasteiger partial charge >= 0.3 is 5.97 Å². The van der Waals surface area contributed by atoms with E-state index in [2.05, 4.69) is 4.90 Å². The molecule has 0 aliphatic carbocycles. The molecule has 3 rings (SSSR count). The summed E-state index contributed by atoms with van der Waals surface area (Å²) < 4.78 is 0. The van der Waals surface area contributed by atoms with Gasteiger partial charge in [-0.2, -0.15) is 0 Å². The lowest BCUT2D eigenvalue weighted by atomic mass is 9.83. The molecule has 2 bridgehead atoms. The molecule has 3 aliphatic rings. The highest BCUT2D eigenvalue weighted by Crippen LogP contribution is 2.31. The average Bonchev–Trinajstić information content (AvgIpc) is 2.06. The van der Waals surface area contributed by atoms with E-state index in [1.165, 1.54) is 12.8 Å². The summed E-state index contributed by atoms with van der Waals surface area (Å²) in [4.78, 5) is 12.8. The number of carbonyl (C=O) groups is 1. The SMILES string of the molecule is O=C(O)[C@H]1CC2CCN1CC2. The number of nitrogens with zero attached hydrogens (tertiary/aromatic N) is 1. The predicted molar refractivity (Wildman–Crippen MR) is 40.3 cm³/mol. The predicted octanol–water partition coefficient (Wildman–Crippen LogP) is 0.555. The zero-order chi connectivity index (χ0) is 7.84. The second kappa shape index (κ2) is 2.48. The molecule has 0 amide bonds. The summed E-state index contributed by atoms with van der Waals surface area (Å²) in [6.45, 7) is 2.00. The maximum absolute atomic E-state index is 10.7. The Kier molecular flexibility index (Phi) is 1.60. The molecule has 0 aromatic rings. The molecule has 3 aliphatic heterocycles. The third kappa shape index (κ3) is 1.13. The van der Waals surface area contributed by atoms with Crippen LogP contribution in [-0.2, 0) is 4.79 Å².